The van der Waals surface area contributed by atoms with E-state index in [9.17, 15) is 4.79 Å². The van der Waals surface area contributed by atoms with Crippen molar-refractivity contribution < 1.29 is 9.53 Å². The minimum atomic E-state index is -0.0902. The third kappa shape index (κ3) is 2.59. The van der Waals surface area contributed by atoms with Crippen LogP contribution in [0.4, 0.5) is 0 Å². The Balaban J connectivity index is 0.00000108. The number of carbonyl (C=O) groups is 1. The molecule has 3 unspecified atom stereocenters. The van der Waals surface area contributed by atoms with Gasteiger partial charge in [-0.2, -0.15) is 0 Å². The van der Waals surface area contributed by atoms with Gasteiger partial charge in [0.2, 0.25) is 5.91 Å². The van der Waals surface area contributed by atoms with Crippen LogP contribution in [0, 0.1) is 11.8 Å². The Morgan fingerprint density at radius 1 is 1.24 bits per heavy atom. The number of likely N-dealkylation sites (tertiary alicyclic amines) is 1. The molecular formula is C12H21ClN2O2. The van der Waals surface area contributed by atoms with E-state index in [0.717, 1.165) is 38.1 Å². The van der Waals surface area contributed by atoms with Crippen LogP contribution >= 0.6 is 12.4 Å². The minimum Gasteiger partial charge on any atom is -0.378 e. The van der Waals surface area contributed by atoms with Gasteiger partial charge in [0.1, 0.15) is 6.04 Å². The second-order valence-corrected chi connectivity index (χ2v) is 5.28. The molecule has 3 rings (SSSR count). The van der Waals surface area contributed by atoms with Gasteiger partial charge in [-0.25, -0.2) is 0 Å². The van der Waals surface area contributed by atoms with Gasteiger partial charge in [-0.15, -0.1) is 12.4 Å². The van der Waals surface area contributed by atoms with Gasteiger partial charge in [0.15, 0.2) is 0 Å². The van der Waals surface area contributed by atoms with E-state index in [-0.39, 0.29) is 24.4 Å². The lowest BCUT2D eigenvalue weighted by molar-refractivity contribution is -0.135. The van der Waals surface area contributed by atoms with E-state index >= 15 is 0 Å². The molecule has 3 atom stereocenters. The summed E-state index contributed by atoms with van der Waals surface area (Å²) >= 11 is 0. The first-order valence-corrected chi connectivity index (χ1v) is 6.44. The second-order valence-electron chi connectivity index (χ2n) is 5.28. The first-order chi connectivity index (χ1) is 7.84. The van der Waals surface area contributed by atoms with Gasteiger partial charge < -0.3 is 15.0 Å². The SMILES string of the molecule is Cl.O=C(C1COCCN1)N1CC2CCCC2C1. The minimum absolute atomic E-state index is 0. The van der Waals surface area contributed by atoms with Crippen molar-refractivity contribution in [1.29, 1.82) is 0 Å². The largest absolute Gasteiger partial charge is 0.378 e. The van der Waals surface area contributed by atoms with Gasteiger partial charge in [-0.05, 0) is 24.7 Å². The maximum atomic E-state index is 12.2. The highest BCUT2D eigenvalue weighted by molar-refractivity contribution is 5.85. The summed E-state index contributed by atoms with van der Waals surface area (Å²) in [5.74, 6) is 1.83. The van der Waals surface area contributed by atoms with Gasteiger partial charge >= 0.3 is 0 Å². The van der Waals surface area contributed by atoms with Crippen LogP contribution in [0.2, 0.25) is 0 Å². The number of amides is 1. The molecule has 0 bridgehead atoms. The Bertz CT molecular complexity index is 270. The molecule has 0 aromatic carbocycles. The van der Waals surface area contributed by atoms with Crippen LogP contribution in [0.25, 0.3) is 0 Å². The van der Waals surface area contributed by atoms with Crippen molar-refractivity contribution >= 4 is 18.3 Å². The van der Waals surface area contributed by atoms with Gasteiger partial charge in [0, 0.05) is 19.6 Å². The second kappa shape index (κ2) is 5.55. The fourth-order valence-corrected chi connectivity index (χ4v) is 3.36. The molecule has 1 amide bonds. The molecule has 1 aliphatic carbocycles. The van der Waals surface area contributed by atoms with Crippen LogP contribution in [0.5, 0.6) is 0 Å². The summed E-state index contributed by atoms with van der Waals surface area (Å²) in [4.78, 5) is 14.3. The highest BCUT2D eigenvalue weighted by atomic mass is 35.5. The molecule has 3 fully saturated rings. The fourth-order valence-electron chi connectivity index (χ4n) is 3.36. The quantitative estimate of drug-likeness (QED) is 0.753. The lowest BCUT2D eigenvalue weighted by atomic mass is 10.0. The van der Waals surface area contributed by atoms with E-state index in [1.807, 2.05) is 0 Å². The topological polar surface area (TPSA) is 41.6 Å². The van der Waals surface area contributed by atoms with E-state index in [4.69, 9.17) is 4.74 Å². The number of halogens is 1. The number of nitrogens with zero attached hydrogens (tertiary/aromatic N) is 1. The van der Waals surface area contributed by atoms with Crippen molar-refractivity contribution in [2.24, 2.45) is 11.8 Å². The molecule has 98 valence electrons. The molecule has 0 spiro atoms. The van der Waals surface area contributed by atoms with Crippen LogP contribution < -0.4 is 5.32 Å². The number of ether oxygens (including phenoxy) is 1. The summed E-state index contributed by atoms with van der Waals surface area (Å²) in [6.07, 6.45) is 4.01. The van der Waals surface area contributed by atoms with E-state index in [1.165, 1.54) is 19.3 Å². The van der Waals surface area contributed by atoms with Crippen molar-refractivity contribution in [2.45, 2.75) is 25.3 Å². The lowest BCUT2D eigenvalue weighted by Crippen LogP contribution is -2.52. The van der Waals surface area contributed by atoms with Crippen molar-refractivity contribution in [1.82, 2.24) is 10.2 Å². The monoisotopic (exact) mass is 260 g/mol. The van der Waals surface area contributed by atoms with Gasteiger partial charge in [-0.1, -0.05) is 6.42 Å². The molecule has 0 aromatic rings. The van der Waals surface area contributed by atoms with Gasteiger partial charge in [0.05, 0.1) is 13.2 Å². The molecule has 2 saturated heterocycles. The summed E-state index contributed by atoms with van der Waals surface area (Å²) in [5.41, 5.74) is 0. The number of fused-ring (bicyclic) bond motifs is 1. The van der Waals surface area contributed by atoms with Crippen LogP contribution in [0.15, 0.2) is 0 Å². The predicted molar refractivity (Wildman–Crippen MR) is 67.3 cm³/mol. The molecule has 2 heterocycles. The zero-order valence-electron chi connectivity index (χ0n) is 10.1. The molecule has 1 N–H and O–H groups in total. The zero-order chi connectivity index (χ0) is 11.0. The van der Waals surface area contributed by atoms with E-state index in [2.05, 4.69) is 10.2 Å². The highest BCUT2D eigenvalue weighted by Crippen LogP contribution is 2.37. The van der Waals surface area contributed by atoms with Crippen LogP contribution in [0.3, 0.4) is 0 Å². The van der Waals surface area contributed by atoms with Crippen molar-refractivity contribution in [2.75, 3.05) is 32.8 Å². The summed E-state index contributed by atoms with van der Waals surface area (Å²) < 4.78 is 5.35. The smallest absolute Gasteiger partial charge is 0.242 e. The van der Waals surface area contributed by atoms with E-state index < -0.39 is 0 Å². The van der Waals surface area contributed by atoms with Gasteiger partial charge in [0.25, 0.3) is 0 Å². The average molecular weight is 261 g/mol. The molecule has 2 aliphatic heterocycles. The molecule has 0 radical (unpaired) electrons. The molecule has 1 saturated carbocycles. The number of nitrogens with one attached hydrogen (secondary N) is 1. The Hall–Kier alpha value is -0.320. The number of carbonyl (C=O) groups excluding carboxylic acids is 1. The fraction of sp³-hybridized carbons (Fsp3) is 0.917. The third-order valence-corrected chi connectivity index (χ3v) is 4.26. The van der Waals surface area contributed by atoms with E-state index in [1.54, 1.807) is 0 Å². The molecule has 4 nitrogen and oxygen atoms in total. The normalized spacial score (nSPS) is 36.5. The average Bonchev–Trinajstić information content (AvgIpc) is 2.89. The number of rotatable bonds is 1. The predicted octanol–water partition coefficient (Wildman–Crippen LogP) is 0.655. The molecule has 3 aliphatic rings. The number of hydrogen-bond acceptors (Lipinski definition) is 3. The standard InChI is InChI=1S/C12H20N2O2.ClH/c15-12(11-8-16-5-4-13-11)14-6-9-2-1-3-10(9)7-14;/h9-11,13H,1-8H2;1H. The van der Waals surface area contributed by atoms with Crippen molar-refractivity contribution in [3.8, 4) is 0 Å². The van der Waals surface area contributed by atoms with Crippen molar-refractivity contribution in [3.05, 3.63) is 0 Å². The zero-order valence-corrected chi connectivity index (χ0v) is 10.9. The Labute approximate surface area is 108 Å². The first-order valence-electron chi connectivity index (χ1n) is 6.44. The van der Waals surface area contributed by atoms with Crippen molar-refractivity contribution in [3.63, 3.8) is 0 Å². The summed E-state index contributed by atoms with van der Waals surface area (Å²) in [5, 5.41) is 3.25. The summed E-state index contributed by atoms with van der Waals surface area (Å²) in [6, 6.07) is -0.0902. The number of morpholine rings is 1. The Morgan fingerprint density at radius 3 is 2.53 bits per heavy atom. The first kappa shape index (κ1) is 13.1. The summed E-state index contributed by atoms with van der Waals surface area (Å²) in [6.45, 7) is 4.06. The number of hydrogen-bond donors (Lipinski definition) is 1. The van der Waals surface area contributed by atoms with Crippen LogP contribution in [-0.4, -0.2) is 49.7 Å². The molecule has 0 aromatic heterocycles. The Kier molecular flexibility index (Phi) is 4.28. The summed E-state index contributed by atoms with van der Waals surface area (Å²) in [7, 11) is 0. The highest BCUT2D eigenvalue weighted by Gasteiger charge is 2.39. The van der Waals surface area contributed by atoms with E-state index in [0.29, 0.717) is 6.61 Å². The lowest BCUT2D eigenvalue weighted by Gasteiger charge is -2.27. The maximum Gasteiger partial charge on any atom is 0.242 e. The molecule has 17 heavy (non-hydrogen) atoms. The Morgan fingerprint density at radius 2 is 1.94 bits per heavy atom. The molecule has 5 heteroatoms. The third-order valence-electron chi connectivity index (χ3n) is 4.26. The van der Waals surface area contributed by atoms with Crippen LogP contribution in [-0.2, 0) is 9.53 Å². The molecular weight excluding hydrogens is 240 g/mol. The maximum absolute atomic E-state index is 12.2. The van der Waals surface area contributed by atoms with Crippen LogP contribution in [0.1, 0.15) is 19.3 Å². The van der Waals surface area contributed by atoms with Gasteiger partial charge in [-0.3, -0.25) is 4.79 Å².